The molecule has 9 heteroatoms. The Morgan fingerprint density at radius 1 is 1.00 bits per heavy atom. The molecule has 2 fully saturated rings. The van der Waals surface area contributed by atoms with Crippen molar-refractivity contribution in [1.82, 2.24) is 4.90 Å². The molecule has 2 aliphatic rings. The molecule has 0 saturated carbocycles. The molecule has 0 aromatic heterocycles. The van der Waals surface area contributed by atoms with Crippen molar-refractivity contribution in [3.8, 4) is 0 Å². The van der Waals surface area contributed by atoms with Crippen molar-refractivity contribution in [3.63, 3.8) is 0 Å². The van der Waals surface area contributed by atoms with E-state index in [1.165, 1.54) is 56.2 Å². The number of carbonyl (C=O) groups excluding carboxylic acids is 1. The third-order valence-corrected chi connectivity index (χ3v) is 8.02. The molecule has 0 aliphatic carbocycles. The fraction of sp³-hybridized carbons (Fsp3) is 0.440. The van der Waals surface area contributed by atoms with Crippen molar-refractivity contribution >= 4 is 33.2 Å². The van der Waals surface area contributed by atoms with E-state index in [0.717, 1.165) is 45.6 Å². The number of piperidine rings is 1. The third-order valence-electron chi connectivity index (χ3n) is 6.63. The van der Waals surface area contributed by atoms with Gasteiger partial charge in [0.25, 0.3) is 10.0 Å². The van der Waals surface area contributed by atoms with E-state index in [2.05, 4.69) is 14.5 Å². The quantitative estimate of drug-likeness (QED) is 0.549. The summed E-state index contributed by atoms with van der Waals surface area (Å²) in [5.41, 5.74) is 1.36. The van der Waals surface area contributed by atoms with E-state index in [-0.39, 0.29) is 21.9 Å². The van der Waals surface area contributed by atoms with E-state index in [1.54, 1.807) is 6.07 Å². The number of aromatic carboxylic acids is 1. The summed E-state index contributed by atoms with van der Waals surface area (Å²) in [6, 6.07) is 10.3. The van der Waals surface area contributed by atoms with Crippen LogP contribution in [0.25, 0.3) is 0 Å². The molecule has 0 unspecified atom stereocenters. The second-order valence-corrected chi connectivity index (χ2v) is 10.9. The zero-order valence-electron chi connectivity index (χ0n) is 19.4. The molecule has 2 saturated heterocycles. The number of hydrogen-bond acceptors (Lipinski definition) is 6. The maximum absolute atomic E-state index is 13.1. The number of carboxylic acids is 1. The normalized spacial score (nSPS) is 19.2. The number of Topliss-reactive ketones (excluding diaryl/α,β-unsaturated/α-hetero) is 1. The van der Waals surface area contributed by atoms with Crippen LogP contribution >= 0.6 is 0 Å². The van der Waals surface area contributed by atoms with Crippen LogP contribution < -0.4 is 9.62 Å². The first kappa shape index (κ1) is 24.2. The molecule has 2 heterocycles. The summed E-state index contributed by atoms with van der Waals surface area (Å²) in [5, 5.41) is 9.48. The number of sulfonamides is 1. The molecule has 2 N–H and O–H groups in total. The molecule has 182 valence electrons. The molecule has 0 radical (unpaired) electrons. The molecule has 0 amide bonds. The minimum atomic E-state index is -3.98. The first-order chi connectivity index (χ1) is 16.2. The van der Waals surface area contributed by atoms with Crippen LogP contribution in [-0.4, -0.2) is 62.9 Å². The van der Waals surface area contributed by atoms with Crippen LogP contribution in [0.4, 0.5) is 11.4 Å². The molecule has 34 heavy (non-hydrogen) atoms. The van der Waals surface area contributed by atoms with Gasteiger partial charge in [0.2, 0.25) is 0 Å². The van der Waals surface area contributed by atoms with Crippen LogP contribution in [-0.2, 0) is 10.0 Å². The Balaban J connectivity index is 1.60. The van der Waals surface area contributed by atoms with Gasteiger partial charge in [0, 0.05) is 25.2 Å². The Morgan fingerprint density at radius 2 is 1.68 bits per heavy atom. The van der Waals surface area contributed by atoms with Crippen molar-refractivity contribution in [1.29, 1.82) is 0 Å². The molecule has 2 aliphatic heterocycles. The molecule has 8 nitrogen and oxygen atoms in total. The van der Waals surface area contributed by atoms with Crippen molar-refractivity contribution in [2.45, 2.75) is 37.5 Å². The van der Waals surface area contributed by atoms with E-state index in [9.17, 15) is 23.1 Å². The van der Waals surface area contributed by atoms with Crippen LogP contribution in [0.5, 0.6) is 0 Å². The van der Waals surface area contributed by atoms with Gasteiger partial charge in [0.05, 0.1) is 21.8 Å². The first-order valence-electron chi connectivity index (χ1n) is 11.7. The minimum absolute atomic E-state index is 0.00901. The second-order valence-electron chi connectivity index (χ2n) is 9.19. The van der Waals surface area contributed by atoms with Crippen LogP contribution in [0, 0.1) is 5.92 Å². The van der Waals surface area contributed by atoms with Gasteiger partial charge < -0.3 is 14.9 Å². The predicted octanol–water partition coefficient (Wildman–Crippen LogP) is 3.70. The molecule has 0 spiro atoms. The summed E-state index contributed by atoms with van der Waals surface area (Å²) in [5.74, 6) is -0.792. The zero-order valence-corrected chi connectivity index (χ0v) is 20.2. The Labute approximate surface area is 200 Å². The SMILES string of the molecule is CC(=O)c1ccc(S(=O)(=O)Nc2cc(C(=O)O)ccc2N2CCC[C@@H](CN3CCCC3)C2)cc1. The number of nitrogens with one attached hydrogen (secondary N) is 1. The van der Waals surface area contributed by atoms with Gasteiger partial charge in [-0.3, -0.25) is 9.52 Å². The number of benzene rings is 2. The Morgan fingerprint density at radius 3 is 2.32 bits per heavy atom. The van der Waals surface area contributed by atoms with E-state index in [0.29, 0.717) is 17.2 Å². The highest BCUT2D eigenvalue weighted by Crippen LogP contribution is 2.33. The summed E-state index contributed by atoms with van der Waals surface area (Å²) in [4.78, 5) is 27.8. The van der Waals surface area contributed by atoms with Gasteiger partial charge in [0.1, 0.15) is 0 Å². The molecule has 2 aromatic carbocycles. The zero-order chi connectivity index (χ0) is 24.3. The van der Waals surface area contributed by atoms with Crippen LogP contribution in [0.15, 0.2) is 47.4 Å². The van der Waals surface area contributed by atoms with Crippen LogP contribution in [0.2, 0.25) is 0 Å². The maximum Gasteiger partial charge on any atom is 0.335 e. The summed E-state index contributed by atoms with van der Waals surface area (Å²) >= 11 is 0. The minimum Gasteiger partial charge on any atom is -0.478 e. The van der Waals surface area contributed by atoms with Gasteiger partial charge in [0.15, 0.2) is 5.78 Å². The average Bonchev–Trinajstić information content (AvgIpc) is 3.32. The molecule has 2 aromatic rings. The first-order valence-corrected chi connectivity index (χ1v) is 13.2. The molecule has 1 atom stereocenters. The standard InChI is InChI=1S/C25H31N3O5S/c1-18(29)20-6-9-22(10-7-20)34(32,33)26-23-15-21(25(30)31)8-11-24(23)28-14-4-5-19(17-28)16-27-12-2-3-13-27/h6-11,15,19,26H,2-5,12-14,16-17H2,1H3,(H,30,31)/t19-/m0/s1. The fourth-order valence-corrected chi connectivity index (χ4v) is 5.93. The number of ketones is 1. The lowest BCUT2D eigenvalue weighted by Crippen LogP contribution is -2.40. The van der Waals surface area contributed by atoms with Crippen molar-refractivity contribution in [2.24, 2.45) is 5.92 Å². The lowest BCUT2D eigenvalue weighted by molar-refractivity contribution is 0.0696. The van der Waals surface area contributed by atoms with E-state index in [4.69, 9.17) is 0 Å². The van der Waals surface area contributed by atoms with Crippen molar-refractivity contribution < 1.29 is 23.1 Å². The number of carboxylic acid groups (broad SMARTS) is 1. The highest BCUT2D eigenvalue weighted by atomic mass is 32.2. The molecular weight excluding hydrogens is 454 g/mol. The van der Waals surface area contributed by atoms with Crippen molar-refractivity contribution in [3.05, 3.63) is 53.6 Å². The lowest BCUT2D eigenvalue weighted by Gasteiger charge is -2.37. The van der Waals surface area contributed by atoms with E-state index >= 15 is 0 Å². The summed E-state index contributed by atoms with van der Waals surface area (Å²) in [7, 11) is -3.98. The van der Waals surface area contributed by atoms with Gasteiger partial charge >= 0.3 is 5.97 Å². The Kier molecular flexibility index (Phi) is 7.23. The van der Waals surface area contributed by atoms with Crippen LogP contribution in [0.3, 0.4) is 0 Å². The number of rotatable bonds is 8. The third kappa shape index (κ3) is 5.59. The average molecular weight is 486 g/mol. The highest BCUT2D eigenvalue weighted by Gasteiger charge is 2.26. The Bertz CT molecular complexity index is 1160. The lowest BCUT2D eigenvalue weighted by atomic mass is 9.96. The monoisotopic (exact) mass is 485 g/mol. The smallest absolute Gasteiger partial charge is 0.335 e. The molecule has 0 bridgehead atoms. The molecule has 4 rings (SSSR count). The van der Waals surface area contributed by atoms with E-state index in [1.807, 2.05) is 0 Å². The Hall–Kier alpha value is -2.91. The number of carbonyl (C=O) groups is 2. The number of hydrogen-bond donors (Lipinski definition) is 2. The van der Waals surface area contributed by atoms with Crippen LogP contribution in [0.1, 0.15) is 53.3 Å². The number of anilines is 2. The van der Waals surface area contributed by atoms with Gasteiger partial charge in [-0.25, -0.2) is 13.2 Å². The van der Waals surface area contributed by atoms with Gasteiger partial charge in [-0.1, -0.05) is 12.1 Å². The second kappa shape index (κ2) is 10.1. The predicted molar refractivity (Wildman–Crippen MR) is 131 cm³/mol. The van der Waals surface area contributed by atoms with Gasteiger partial charge in [-0.2, -0.15) is 0 Å². The van der Waals surface area contributed by atoms with Gasteiger partial charge in [-0.05, 0) is 81.9 Å². The number of nitrogens with zero attached hydrogens (tertiary/aromatic N) is 2. The van der Waals surface area contributed by atoms with Crippen molar-refractivity contribution in [2.75, 3.05) is 42.3 Å². The van der Waals surface area contributed by atoms with E-state index < -0.39 is 16.0 Å². The van der Waals surface area contributed by atoms with Gasteiger partial charge in [-0.15, -0.1) is 0 Å². The topological polar surface area (TPSA) is 107 Å². The highest BCUT2D eigenvalue weighted by molar-refractivity contribution is 7.92. The largest absolute Gasteiger partial charge is 0.478 e. The summed E-state index contributed by atoms with van der Waals surface area (Å²) in [6.07, 6.45) is 4.61. The number of likely N-dealkylation sites (tertiary alicyclic amines) is 1. The maximum atomic E-state index is 13.1. The summed E-state index contributed by atoms with van der Waals surface area (Å²) < 4.78 is 28.9. The molecular formula is C25H31N3O5S. The fourth-order valence-electron chi connectivity index (χ4n) is 4.86. The summed E-state index contributed by atoms with van der Waals surface area (Å²) in [6.45, 7) is 6.30.